The Kier molecular flexibility index (Phi) is 5.22. The molecule has 16 heavy (non-hydrogen) atoms. The van der Waals surface area contributed by atoms with Gasteiger partial charge in [-0.05, 0) is 33.5 Å². The molecule has 0 aliphatic heterocycles. The van der Waals surface area contributed by atoms with Crippen LogP contribution in [0.5, 0.6) is 0 Å². The smallest absolute Gasteiger partial charge is 0.234 e. The average Bonchev–Trinajstić information content (AvgIpc) is 2.73. The van der Waals surface area contributed by atoms with Gasteiger partial charge in [0, 0.05) is 12.1 Å². The van der Waals surface area contributed by atoms with Gasteiger partial charge in [-0.2, -0.15) is 0 Å². The molecule has 1 amide bonds. The third-order valence-corrected chi connectivity index (χ3v) is 3.63. The van der Waals surface area contributed by atoms with Crippen LogP contribution in [0.1, 0.15) is 32.6 Å². The molecule has 0 aromatic rings. The second kappa shape index (κ2) is 6.21. The van der Waals surface area contributed by atoms with E-state index >= 15 is 0 Å². The Labute approximate surface area is 98.8 Å². The number of nitrogens with zero attached hydrogens (tertiary/aromatic N) is 1. The van der Waals surface area contributed by atoms with E-state index in [-0.39, 0.29) is 11.4 Å². The summed E-state index contributed by atoms with van der Waals surface area (Å²) in [6.07, 6.45) is 4.95. The van der Waals surface area contributed by atoms with E-state index in [0.717, 1.165) is 13.1 Å². The predicted molar refractivity (Wildman–Crippen MR) is 66.4 cm³/mol. The van der Waals surface area contributed by atoms with Gasteiger partial charge in [-0.1, -0.05) is 19.8 Å². The standard InChI is InChI=1S/C12H25N3O/c1-4-13-9-11(16)14-10-12(15(2)3)7-5-6-8-12/h13H,4-10H2,1-3H3,(H,14,16). The largest absolute Gasteiger partial charge is 0.353 e. The molecule has 1 rings (SSSR count). The van der Waals surface area contributed by atoms with Gasteiger partial charge in [0.15, 0.2) is 0 Å². The molecule has 0 unspecified atom stereocenters. The van der Waals surface area contributed by atoms with Crippen LogP contribution in [0, 0.1) is 0 Å². The van der Waals surface area contributed by atoms with E-state index in [1.54, 1.807) is 0 Å². The number of amides is 1. The van der Waals surface area contributed by atoms with Crippen molar-refractivity contribution in [1.29, 1.82) is 0 Å². The first-order valence-electron chi connectivity index (χ1n) is 6.25. The van der Waals surface area contributed by atoms with Crippen molar-refractivity contribution in [3.05, 3.63) is 0 Å². The molecule has 1 aliphatic rings. The van der Waals surface area contributed by atoms with Crippen molar-refractivity contribution in [2.24, 2.45) is 0 Å². The van der Waals surface area contributed by atoms with Crippen LogP contribution in [0.15, 0.2) is 0 Å². The highest BCUT2D eigenvalue weighted by atomic mass is 16.1. The van der Waals surface area contributed by atoms with Crippen LogP contribution in [0.3, 0.4) is 0 Å². The Morgan fingerprint density at radius 2 is 1.94 bits per heavy atom. The molecule has 0 saturated heterocycles. The molecule has 4 nitrogen and oxygen atoms in total. The number of carbonyl (C=O) groups is 1. The van der Waals surface area contributed by atoms with Crippen LogP contribution < -0.4 is 10.6 Å². The number of hydrogen-bond donors (Lipinski definition) is 2. The molecule has 4 heteroatoms. The summed E-state index contributed by atoms with van der Waals surface area (Å²) in [6.45, 7) is 4.06. The van der Waals surface area contributed by atoms with Gasteiger partial charge in [0.1, 0.15) is 0 Å². The van der Waals surface area contributed by atoms with Crippen molar-refractivity contribution in [2.75, 3.05) is 33.7 Å². The van der Waals surface area contributed by atoms with Gasteiger partial charge in [0.25, 0.3) is 0 Å². The van der Waals surface area contributed by atoms with E-state index in [9.17, 15) is 4.79 Å². The SMILES string of the molecule is CCNCC(=O)NCC1(N(C)C)CCCC1. The minimum atomic E-state index is 0.106. The summed E-state index contributed by atoms with van der Waals surface area (Å²) in [4.78, 5) is 13.8. The van der Waals surface area contributed by atoms with Gasteiger partial charge in [-0.3, -0.25) is 4.79 Å². The van der Waals surface area contributed by atoms with Gasteiger partial charge >= 0.3 is 0 Å². The molecule has 0 atom stereocenters. The lowest BCUT2D eigenvalue weighted by Gasteiger charge is -2.36. The van der Waals surface area contributed by atoms with Crippen LogP contribution in [-0.2, 0) is 4.79 Å². The monoisotopic (exact) mass is 227 g/mol. The molecule has 0 radical (unpaired) electrons. The van der Waals surface area contributed by atoms with E-state index in [2.05, 4.69) is 29.6 Å². The molecule has 0 aromatic carbocycles. The molecule has 1 fully saturated rings. The first-order chi connectivity index (χ1) is 7.60. The zero-order valence-electron chi connectivity index (χ0n) is 10.8. The highest BCUT2D eigenvalue weighted by Crippen LogP contribution is 2.32. The quantitative estimate of drug-likeness (QED) is 0.698. The Morgan fingerprint density at radius 1 is 1.31 bits per heavy atom. The predicted octanol–water partition coefficient (Wildman–Crippen LogP) is 0.587. The molecule has 0 spiro atoms. The zero-order valence-corrected chi connectivity index (χ0v) is 10.8. The number of hydrogen-bond acceptors (Lipinski definition) is 3. The number of carbonyl (C=O) groups excluding carboxylic acids is 1. The lowest BCUT2D eigenvalue weighted by Crippen LogP contribution is -2.51. The van der Waals surface area contributed by atoms with E-state index in [4.69, 9.17) is 0 Å². The summed E-state index contributed by atoms with van der Waals surface area (Å²) >= 11 is 0. The molecule has 2 N–H and O–H groups in total. The molecular formula is C12H25N3O. The Balaban J connectivity index is 2.36. The summed E-state index contributed by atoms with van der Waals surface area (Å²) in [5.41, 5.74) is 0.196. The third kappa shape index (κ3) is 3.46. The molecule has 1 aliphatic carbocycles. The molecule has 1 saturated carbocycles. The molecule has 0 bridgehead atoms. The Hall–Kier alpha value is -0.610. The summed E-state index contributed by atoms with van der Waals surface area (Å²) in [6, 6.07) is 0. The number of nitrogens with one attached hydrogen (secondary N) is 2. The Morgan fingerprint density at radius 3 is 2.44 bits per heavy atom. The first kappa shape index (κ1) is 13.5. The van der Waals surface area contributed by atoms with Gasteiger partial charge in [-0.25, -0.2) is 0 Å². The van der Waals surface area contributed by atoms with Crippen molar-refractivity contribution in [3.8, 4) is 0 Å². The molecule has 0 heterocycles. The van der Waals surface area contributed by atoms with Crippen molar-refractivity contribution >= 4 is 5.91 Å². The van der Waals surface area contributed by atoms with Crippen molar-refractivity contribution < 1.29 is 4.79 Å². The van der Waals surface area contributed by atoms with Gasteiger partial charge in [0.2, 0.25) is 5.91 Å². The summed E-state index contributed by atoms with van der Waals surface area (Å²) in [5, 5.41) is 6.08. The fourth-order valence-electron chi connectivity index (χ4n) is 2.38. The van der Waals surface area contributed by atoms with E-state index in [0.29, 0.717) is 6.54 Å². The lowest BCUT2D eigenvalue weighted by atomic mass is 9.96. The summed E-state index contributed by atoms with van der Waals surface area (Å²) in [5.74, 6) is 0.106. The van der Waals surface area contributed by atoms with Gasteiger partial charge in [0.05, 0.1) is 6.54 Å². The lowest BCUT2D eigenvalue weighted by molar-refractivity contribution is -0.120. The topological polar surface area (TPSA) is 44.4 Å². The van der Waals surface area contributed by atoms with Crippen molar-refractivity contribution in [1.82, 2.24) is 15.5 Å². The van der Waals surface area contributed by atoms with Crippen LogP contribution in [0.25, 0.3) is 0 Å². The Bertz CT molecular complexity index is 222. The number of likely N-dealkylation sites (N-methyl/N-ethyl adjacent to an activating group) is 2. The van der Waals surface area contributed by atoms with E-state index in [1.807, 2.05) is 6.92 Å². The molecular weight excluding hydrogens is 202 g/mol. The summed E-state index contributed by atoms with van der Waals surface area (Å²) in [7, 11) is 4.23. The van der Waals surface area contributed by atoms with Crippen molar-refractivity contribution in [3.63, 3.8) is 0 Å². The van der Waals surface area contributed by atoms with Crippen LogP contribution in [0.2, 0.25) is 0 Å². The third-order valence-electron chi connectivity index (χ3n) is 3.63. The fourth-order valence-corrected chi connectivity index (χ4v) is 2.38. The highest BCUT2D eigenvalue weighted by molar-refractivity contribution is 5.78. The number of rotatable bonds is 6. The maximum Gasteiger partial charge on any atom is 0.234 e. The molecule has 0 aromatic heterocycles. The van der Waals surface area contributed by atoms with Gasteiger partial charge in [-0.15, -0.1) is 0 Å². The fraction of sp³-hybridized carbons (Fsp3) is 0.917. The average molecular weight is 227 g/mol. The first-order valence-corrected chi connectivity index (χ1v) is 6.25. The van der Waals surface area contributed by atoms with E-state index in [1.165, 1.54) is 25.7 Å². The minimum absolute atomic E-state index is 0.106. The van der Waals surface area contributed by atoms with Crippen LogP contribution >= 0.6 is 0 Å². The van der Waals surface area contributed by atoms with E-state index < -0.39 is 0 Å². The maximum absolute atomic E-state index is 11.5. The van der Waals surface area contributed by atoms with Crippen LogP contribution in [-0.4, -0.2) is 50.1 Å². The minimum Gasteiger partial charge on any atom is -0.353 e. The van der Waals surface area contributed by atoms with Crippen LogP contribution in [0.4, 0.5) is 0 Å². The van der Waals surface area contributed by atoms with Crippen molar-refractivity contribution in [2.45, 2.75) is 38.1 Å². The second-order valence-electron chi connectivity index (χ2n) is 4.88. The molecule has 94 valence electrons. The zero-order chi connectivity index (χ0) is 12.0. The van der Waals surface area contributed by atoms with Gasteiger partial charge < -0.3 is 15.5 Å². The highest BCUT2D eigenvalue weighted by Gasteiger charge is 2.35. The summed E-state index contributed by atoms with van der Waals surface area (Å²) < 4.78 is 0. The second-order valence-corrected chi connectivity index (χ2v) is 4.88. The maximum atomic E-state index is 11.5. The normalized spacial score (nSPS) is 19.0.